The van der Waals surface area contributed by atoms with Crippen LogP contribution in [0.3, 0.4) is 0 Å². The molecule has 0 N–H and O–H groups in total. The fourth-order valence-electron chi connectivity index (χ4n) is 1.27. The van der Waals surface area contributed by atoms with Crippen LogP contribution in [0.15, 0.2) is 17.7 Å². The third-order valence-corrected chi connectivity index (χ3v) is 4.79. The van der Waals surface area contributed by atoms with E-state index in [0.717, 1.165) is 12.0 Å². The molecule has 1 aliphatic rings. The van der Waals surface area contributed by atoms with Crippen LogP contribution in [0.2, 0.25) is 6.04 Å². The Labute approximate surface area is 123 Å². The van der Waals surface area contributed by atoms with Crippen LogP contribution < -0.4 is 0 Å². The molecule has 17 heavy (non-hydrogen) atoms. The van der Waals surface area contributed by atoms with Gasteiger partial charge in [-0.1, -0.05) is 0 Å². The Morgan fingerprint density at radius 2 is 1.59 bits per heavy atom. The van der Waals surface area contributed by atoms with E-state index in [9.17, 15) is 0 Å². The van der Waals surface area contributed by atoms with Gasteiger partial charge in [0.15, 0.2) is 0 Å². The molecule has 0 spiro atoms. The van der Waals surface area contributed by atoms with E-state index in [2.05, 4.69) is 12.2 Å². The minimum absolute atomic E-state index is 0. The second-order valence-electron chi connectivity index (χ2n) is 2.78. The molecule has 0 aliphatic heterocycles. The van der Waals surface area contributed by atoms with Gasteiger partial charge >= 0.3 is 29.9 Å². The van der Waals surface area contributed by atoms with Crippen molar-refractivity contribution in [3.8, 4) is 0 Å². The molecule has 0 aromatic carbocycles. The number of hydrogen-bond acceptors (Lipinski definition) is 3. The summed E-state index contributed by atoms with van der Waals surface area (Å²) in [5.41, 5.74) is 1.12. The summed E-state index contributed by atoms with van der Waals surface area (Å²) < 4.78 is 15.9. The third-order valence-electron chi connectivity index (χ3n) is 2.11. The van der Waals surface area contributed by atoms with E-state index in [1.54, 1.807) is 21.3 Å². The first-order chi connectivity index (χ1) is 6.26. The van der Waals surface area contributed by atoms with Crippen LogP contribution in [0.4, 0.5) is 0 Å². The van der Waals surface area contributed by atoms with Crippen LogP contribution in [0, 0.1) is 28.4 Å². The summed E-state index contributed by atoms with van der Waals surface area (Å²) in [7, 11) is 2.44. The van der Waals surface area contributed by atoms with Crippen molar-refractivity contribution in [2.24, 2.45) is 0 Å². The van der Waals surface area contributed by atoms with Crippen molar-refractivity contribution in [3.63, 3.8) is 0 Å². The third kappa shape index (κ3) is 7.32. The van der Waals surface area contributed by atoms with Gasteiger partial charge in [-0.15, -0.1) is 6.42 Å². The topological polar surface area (TPSA) is 27.7 Å². The summed E-state index contributed by atoms with van der Waals surface area (Å²) in [5, 5.41) is 0. The maximum Gasteiger partial charge on any atom is 4.00 e. The smallest absolute Gasteiger partial charge is 0.377 e. The van der Waals surface area contributed by atoms with Gasteiger partial charge in [0, 0.05) is 27.4 Å². The minimum atomic E-state index is -2.43. The van der Waals surface area contributed by atoms with Gasteiger partial charge in [0.25, 0.3) is 0 Å². The van der Waals surface area contributed by atoms with Crippen LogP contribution in [0.25, 0.3) is 0 Å². The molecule has 0 unspecified atom stereocenters. The molecule has 0 atom stereocenters. The summed E-state index contributed by atoms with van der Waals surface area (Å²) in [6, 6.07) is 0.701. The number of rotatable bonds is 5. The molecule has 1 aliphatic carbocycles. The molecule has 0 saturated heterocycles. The average Bonchev–Trinajstić information content (AvgIpc) is 2.67. The van der Waals surface area contributed by atoms with Crippen molar-refractivity contribution >= 4 is 8.80 Å². The molecule has 0 aromatic heterocycles. The van der Waals surface area contributed by atoms with E-state index in [4.69, 9.17) is 13.3 Å². The van der Waals surface area contributed by atoms with Gasteiger partial charge in [0.05, 0.1) is 0 Å². The van der Waals surface area contributed by atoms with Gasteiger partial charge in [0.2, 0.25) is 0 Å². The normalized spacial score (nSPS) is 12.5. The maximum absolute atomic E-state index is 5.30. The summed E-state index contributed by atoms with van der Waals surface area (Å²) in [6.45, 7) is 0. The molecular weight excluding hydrogens is 415 g/mol. The van der Waals surface area contributed by atoms with Gasteiger partial charge in [0.1, 0.15) is 0 Å². The maximum atomic E-state index is 5.30. The molecule has 3 nitrogen and oxygen atoms in total. The van der Waals surface area contributed by atoms with Crippen molar-refractivity contribution < 1.29 is 34.3 Å². The first-order valence-electron chi connectivity index (χ1n) is 4.18. The van der Waals surface area contributed by atoms with Gasteiger partial charge in [-0.2, -0.15) is 6.08 Å². The Kier molecular flexibility index (Phi) is 19.4. The molecule has 0 radical (unpaired) electrons. The fourth-order valence-corrected chi connectivity index (χ4v) is 2.91. The molecule has 0 saturated carbocycles. The van der Waals surface area contributed by atoms with E-state index in [0.29, 0.717) is 6.04 Å². The van der Waals surface area contributed by atoms with E-state index >= 15 is 0 Å². The molecule has 0 aromatic rings. The fraction of sp³-hybridized carbons (Fsp3) is 0.417. The van der Waals surface area contributed by atoms with Crippen molar-refractivity contribution in [1.29, 1.82) is 0 Å². The largest absolute Gasteiger partial charge is 4.00 e. The quantitative estimate of drug-likeness (QED) is 0.487. The van der Waals surface area contributed by atoms with Crippen LogP contribution >= 0.6 is 0 Å². The Morgan fingerprint density at radius 1 is 1.12 bits per heavy atom. The molecule has 0 amide bonds. The van der Waals surface area contributed by atoms with E-state index in [1.165, 1.54) is 0 Å². The second-order valence-corrected chi connectivity index (χ2v) is 5.72. The Balaban J connectivity index is -0.000000211. The Hall–Kier alpha value is 0.265. The Bertz CT molecular complexity index is 218. The monoisotopic (exact) mass is 439 g/mol. The van der Waals surface area contributed by atoms with Crippen LogP contribution in [-0.4, -0.2) is 30.1 Å². The summed E-state index contributed by atoms with van der Waals surface area (Å²) in [5.74, 6) is 0. The molecule has 0 fully saturated rings. The summed E-state index contributed by atoms with van der Waals surface area (Å²) >= 11 is 0. The summed E-state index contributed by atoms with van der Waals surface area (Å²) in [6.07, 6.45) is 8.21. The zero-order chi connectivity index (χ0) is 9.73. The summed E-state index contributed by atoms with van der Waals surface area (Å²) in [4.78, 5) is 0. The Morgan fingerprint density at radius 3 is 1.88 bits per heavy atom. The molecule has 0 heterocycles. The zero-order valence-corrected chi connectivity index (χ0v) is 14.9. The molecule has 0 bridgehead atoms. The number of hydrogen-bond donors (Lipinski definition) is 0. The first kappa shape index (κ1) is 26.0. The van der Waals surface area contributed by atoms with Crippen LogP contribution in [0.5, 0.6) is 0 Å². The van der Waals surface area contributed by atoms with Gasteiger partial charge < -0.3 is 35.6 Å². The first-order valence-corrected chi connectivity index (χ1v) is 6.11. The molecule has 104 valence electrons. The molecule has 5 heteroatoms. The second kappa shape index (κ2) is 12.7. The molecular formula is C12H24O3PtSi. The predicted molar refractivity (Wildman–Crippen MR) is 71.3 cm³/mol. The van der Waals surface area contributed by atoms with E-state index < -0.39 is 8.80 Å². The van der Waals surface area contributed by atoms with E-state index in [-0.39, 0.29) is 43.3 Å². The average molecular weight is 439 g/mol. The van der Waals surface area contributed by atoms with Crippen molar-refractivity contribution in [1.82, 2.24) is 0 Å². The molecule has 1 rings (SSSR count). The van der Waals surface area contributed by atoms with Crippen molar-refractivity contribution in [2.45, 2.75) is 12.5 Å². The minimum Gasteiger partial charge on any atom is -0.377 e. The van der Waals surface area contributed by atoms with E-state index in [1.807, 2.05) is 6.08 Å². The predicted octanol–water partition coefficient (Wildman–Crippen LogP) is 2.90. The van der Waals surface area contributed by atoms with Crippen LogP contribution in [-0.2, 0) is 34.3 Å². The standard InChI is InChI=1S/C9H15O3Si.3CH3.Pt/c1-10-13(11-2,12-3)8-9-6-4-5-7-9;;;;/h4,6H,5,8H2,1-3H3;3*1H3;/q4*-1;+4. The zero-order valence-electron chi connectivity index (χ0n) is 11.6. The number of allylic oxidation sites excluding steroid dienone is 4. The van der Waals surface area contributed by atoms with Crippen molar-refractivity contribution in [2.75, 3.05) is 21.3 Å². The van der Waals surface area contributed by atoms with Crippen LogP contribution in [0.1, 0.15) is 6.42 Å². The SMILES string of the molecule is CO[Si](CC1=[C-]CC=C1)(OC)OC.[CH3-].[CH3-].[CH3-].[Pt+4]. The van der Waals surface area contributed by atoms with Crippen molar-refractivity contribution in [3.05, 3.63) is 46.1 Å². The van der Waals surface area contributed by atoms with Gasteiger partial charge in [-0.05, 0) is 0 Å². The van der Waals surface area contributed by atoms with Gasteiger partial charge in [-0.25, -0.2) is 11.6 Å². The van der Waals surface area contributed by atoms with Gasteiger partial charge in [-0.3, -0.25) is 6.08 Å².